The van der Waals surface area contributed by atoms with Crippen molar-refractivity contribution in [2.75, 3.05) is 12.3 Å². The van der Waals surface area contributed by atoms with Crippen molar-refractivity contribution in [1.29, 1.82) is 0 Å². The van der Waals surface area contributed by atoms with Gasteiger partial charge in [0, 0.05) is 44.8 Å². The normalized spacial score (nSPS) is 11.9. The maximum absolute atomic E-state index is 11.7. The molecule has 27 heavy (non-hydrogen) atoms. The molecule has 0 aliphatic rings. The predicted octanol–water partition coefficient (Wildman–Crippen LogP) is 4.14. The third-order valence-corrected chi connectivity index (χ3v) is 6.85. The Morgan fingerprint density at radius 1 is 1.44 bits per heavy atom. The van der Waals surface area contributed by atoms with Gasteiger partial charge in [-0.25, -0.2) is 9.97 Å². The Labute approximate surface area is 175 Å². The summed E-state index contributed by atoms with van der Waals surface area (Å²) in [5.74, 6) is 0.949. The summed E-state index contributed by atoms with van der Waals surface area (Å²) in [5, 5.41) is 9.43. The summed E-state index contributed by atoms with van der Waals surface area (Å²) in [6.45, 7) is 3.90. The van der Waals surface area contributed by atoms with E-state index in [1.807, 2.05) is 31.2 Å². The first-order chi connectivity index (χ1) is 12.9. The lowest BCUT2D eigenvalue weighted by molar-refractivity contribution is -0.116. The van der Waals surface area contributed by atoms with Crippen LogP contribution < -0.4 is 5.73 Å². The van der Waals surface area contributed by atoms with Crippen LogP contribution in [0.4, 0.5) is 5.82 Å². The number of hydrogen-bond acceptors (Lipinski definition) is 7. The van der Waals surface area contributed by atoms with Crippen molar-refractivity contribution in [1.82, 2.24) is 14.9 Å². The lowest BCUT2D eigenvalue weighted by Gasteiger charge is -2.22. The number of aliphatic hydroxyl groups is 1. The quantitative estimate of drug-likeness (QED) is 0.421. The summed E-state index contributed by atoms with van der Waals surface area (Å²) < 4.78 is 1.00. The number of carbonyl (C=O) groups is 1. The molecule has 0 unspecified atom stereocenters. The molecule has 1 aromatic carbocycles. The molecule has 2 aromatic rings. The Hall–Kier alpha value is -1.55. The van der Waals surface area contributed by atoms with Crippen LogP contribution >= 0.6 is 37.5 Å². The number of nitrogen functional groups attached to an aromatic ring is 1. The second-order valence-electron chi connectivity index (χ2n) is 5.67. The monoisotopic (exact) mass is 468 g/mol. The minimum absolute atomic E-state index is 0.00119. The molecule has 0 radical (unpaired) electrons. The molecule has 144 valence electrons. The molecule has 1 amide bonds. The predicted molar refractivity (Wildman–Crippen MR) is 115 cm³/mol. The maximum Gasteiger partial charge on any atom is 0.214 e. The van der Waals surface area contributed by atoms with Gasteiger partial charge >= 0.3 is 0 Å². The van der Waals surface area contributed by atoms with Gasteiger partial charge in [-0.2, -0.15) is 0 Å². The van der Waals surface area contributed by atoms with Gasteiger partial charge < -0.3 is 15.7 Å². The summed E-state index contributed by atoms with van der Waals surface area (Å²) in [6.07, 6.45) is 2.86. The van der Waals surface area contributed by atoms with Crippen LogP contribution in [0.2, 0.25) is 0 Å². The lowest BCUT2D eigenvalue weighted by atomic mass is 10.2. The number of anilines is 1. The summed E-state index contributed by atoms with van der Waals surface area (Å²) in [7, 11) is 3.11. The van der Waals surface area contributed by atoms with Gasteiger partial charge in [-0.1, -0.05) is 43.6 Å². The molecule has 0 saturated carbocycles. The van der Waals surface area contributed by atoms with Gasteiger partial charge in [-0.15, -0.1) is 0 Å². The van der Waals surface area contributed by atoms with Gasteiger partial charge in [-0.05, 0) is 32.0 Å². The van der Waals surface area contributed by atoms with E-state index in [0.29, 0.717) is 23.6 Å². The summed E-state index contributed by atoms with van der Waals surface area (Å²) in [4.78, 5) is 23.5. The molecule has 1 aromatic heterocycles. The van der Waals surface area contributed by atoms with Gasteiger partial charge in [0.05, 0.1) is 6.54 Å². The number of allylic oxidation sites excluding steroid dienone is 1. The van der Waals surface area contributed by atoms with Crippen LogP contribution in [0, 0.1) is 6.92 Å². The van der Waals surface area contributed by atoms with Gasteiger partial charge in [-0.3, -0.25) is 4.79 Å². The zero-order chi connectivity index (χ0) is 19.8. The van der Waals surface area contributed by atoms with Crippen LogP contribution in [0.25, 0.3) is 0 Å². The van der Waals surface area contributed by atoms with E-state index in [1.54, 1.807) is 28.8 Å². The average Bonchev–Trinajstić information content (AvgIpc) is 2.64. The number of hydrogen-bond donors (Lipinski definition) is 2. The molecule has 0 fully saturated rings. The van der Waals surface area contributed by atoms with Crippen molar-refractivity contribution < 1.29 is 9.90 Å². The second-order valence-corrected chi connectivity index (χ2v) is 8.88. The molecule has 0 spiro atoms. The number of nitrogens with two attached hydrogens (primary N) is 1. The van der Waals surface area contributed by atoms with E-state index >= 15 is 0 Å². The molecular formula is C18H21BrN4O2S2. The number of aliphatic hydroxyl groups excluding tert-OH is 1. The Kier molecular flexibility index (Phi) is 8.62. The SMILES string of the molecule is C/C(=C(\CCO)SSc1cccc(Br)c1)N(C=O)Cc1cnc(C)nc1N. The van der Waals surface area contributed by atoms with E-state index in [-0.39, 0.29) is 13.2 Å². The molecule has 9 heteroatoms. The largest absolute Gasteiger partial charge is 0.396 e. The van der Waals surface area contributed by atoms with E-state index in [0.717, 1.165) is 26.4 Å². The van der Waals surface area contributed by atoms with E-state index in [1.165, 1.54) is 10.8 Å². The zero-order valence-corrected chi connectivity index (χ0v) is 18.3. The highest BCUT2D eigenvalue weighted by Crippen LogP contribution is 2.40. The minimum atomic E-state index is 0.00119. The van der Waals surface area contributed by atoms with Gasteiger partial charge in [0.2, 0.25) is 6.41 Å². The zero-order valence-electron chi connectivity index (χ0n) is 15.1. The van der Waals surface area contributed by atoms with Gasteiger partial charge in [0.15, 0.2) is 0 Å². The number of rotatable bonds is 9. The van der Waals surface area contributed by atoms with E-state index in [9.17, 15) is 9.90 Å². The average molecular weight is 469 g/mol. The summed E-state index contributed by atoms with van der Waals surface area (Å²) in [5.41, 5.74) is 7.40. The van der Waals surface area contributed by atoms with E-state index < -0.39 is 0 Å². The number of amides is 1. The molecule has 0 atom stereocenters. The number of aromatic nitrogens is 2. The molecule has 0 aliphatic heterocycles. The first-order valence-corrected chi connectivity index (χ1v) is 11.1. The minimum Gasteiger partial charge on any atom is -0.396 e. The molecule has 6 nitrogen and oxygen atoms in total. The fraction of sp³-hybridized carbons (Fsp3) is 0.278. The van der Waals surface area contributed by atoms with Crippen LogP contribution in [0.1, 0.15) is 24.7 Å². The van der Waals surface area contributed by atoms with Crippen LogP contribution in [0.15, 0.2) is 50.4 Å². The molecule has 0 saturated heterocycles. The van der Waals surface area contributed by atoms with Crippen LogP contribution in [0.5, 0.6) is 0 Å². The van der Waals surface area contributed by atoms with Crippen molar-refractivity contribution in [2.45, 2.75) is 31.7 Å². The second kappa shape index (κ2) is 10.7. The Morgan fingerprint density at radius 2 is 2.22 bits per heavy atom. The number of benzene rings is 1. The molecule has 0 aliphatic carbocycles. The lowest BCUT2D eigenvalue weighted by Crippen LogP contribution is -2.21. The number of carbonyl (C=O) groups excluding carboxylic acids is 1. The fourth-order valence-electron chi connectivity index (χ4n) is 2.21. The van der Waals surface area contributed by atoms with Gasteiger partial charge in [0.25, 0.3) is 0 Å². The highest BCUT2D eigenvalue weighted by Gasteiger charge is 2.14. The van der Waals surface area contributed by atoms with Crippen molar-refractivity contribution in [3.05, 3.63) is 56.9 Å². The summed E-state index contributed by atoms with van der Waals surface area (Å²) in [6, 6.07) is 7.96. The molecular weight excluding hydrogens is 448 g/mol. The summed E-state index contributed by atoms with van der Waals surface area (Å²) >= 11 is 3.46. The third kappa shape index (κ3) is 6.53. The number of nitrogens with zero attached hydrogens (tertiary/aromatic N) is 3. The van der Waals surface area contributed by atoms with Crippen LogP contribution in [-0.2, 0) is 11.3 Å². The first-order valence-electron chi connectivity index (χ1n) is 8.15. The van der Waals surface area contributed by atoms with Crippen molar-refractivity contribution in [3.63, 3.8) is 0 Å². The van der Waals surface area contributed by atoms with E-state index in [4.69, 9.17) is 5.73 Å². The molecule has 3 N–H and O–H groups in total. The molecule has 0 bridgehead atoms. The Bertz CT molecular complexity index is 833. The molecule has 2 rings (SSSR count). The highest BCUT2D eigenvalue weighted by molar-refractivity contribution is 9.10. The third-order valence-electron chi connectivity index (χ3n) is 3.69. The standard InChI is InChI=1S/C18H21BrN4O2S2/c1-12(23(11-25)10-14-9-21-13(2)22-18(14)20)17(6-7-24)27-26-16-5-3-4-15(19)8-16/h3-5,8-9,11,24H,6-7,10H2,1-2H3,(H2,20,21,22)/b17-12-. The fourth-order valence-corrected chi connectivity index (χ4v) is 5.20. The topological polar surface area (TPSA) is 92.3 Å². The van der Waals surface area contributed by atoms with Crippen molar-refractivity contribution in [2.24, 2.45) is 0 Å². The van der Waals surface area contributed by atoms with E-state index in [2.05, 4.69) is 25.9 Å². The highest BCUT2D eigenvalue weighted by atomic mass is 79.9. The van der Waals surface area contributed by atoms with Gasteiger partial charge in [0.1, 0.15) is 11.6 Å². The Morgan fingerprint density at radius 3 is 2.85 bits per heavy atom. The van der Waals surface area contributed by atoms with Crippen LogP contribution in [0.3, 0.4) is 0 Å². The first kappa shape index (κ1) is 21.7. The van der Waals surface area contributed by atoms with Crippen molar-refractivity contribution in [3.8, 4) is 0 Å². The molecule has 1 heterocycles. The number of halogens is 1. The Balaban J connectivity index is 2.19. The maximum atomic E-state index is 11.7. The smallest absolute Gasteiger partial charge is 0.214 e. The number of aryl methyl sites for hydroxylation is 1. The van der Waals surface area contributed by atoms with Crippen molar-refractivity contribution >= 4 is 49.7 Å². The van der Waals surface area contributed by atoms with Crippen LogP contribution in [-0.4, -0.2) is 33.0 Å².